The molecule has 0 saturated heterocycles. The van der Waals surface area contributed by atoms with Crippen molar-refractivity contribution in [2.45, 2.75) is 25.8 Å². The first kappa shape index (κ1) is 18.4. The van der Waals surface area contributed by atoms with Crippen LogP contribution in [0.3, 0.4) is 0 Å². The Balaban J connectivity index is 1.60. The molecule has 0 heterocycles. The van der Waals surface area contributed by atoms with Crippen LogP contribution in [0.2, 0.25) is 5.02 Å². The molecule has 26 heavy (non-hydrogen) atoms. The van der Waals surface area contributed by atoms with E-state index >= 15 is 0 Å². The second-order valence-corrected chi connectivity index (χ2v) is 6.99. The fourth-order valence-corrected chi connectivity index (χ4v) is 3.08. The SMILES string of the molecule is Cc1cc([N+](=O)[O-])ccc1NC(=O)CNC(c1ccc(Cl)cc1)C1CC1. The highest BCUT2D eigenvalue weighted by Crippen LogP contribution is 2.41. The summed E-state index contributed by atoms with van der Waals surface area (Å²) in [5.41, 5.74) is 2.37. The number of nitrogens with zero attached hydrogens (tertiary/aromatic N) is 1. The van der Waals surface area contributed by atoms with Gasteiger partial charge in [0.25, 0.3) is 5.69 Å². The summed E-state index contributed by atoms with van der Waals surface area (Å²) in [5, 5.41) is 17.6. The number of carbonyl (C=O) groups excluding carboxylic acids is 1. The van der Waals surface area contributed by atoms with E-state index in [0.717, 1.165) is 18.4 Å². The second kappa shape index (κ2) is 7.85. The number of nitrogens with one attached hydrogen (secondary N) is 2. The molecule has 2 N–H and O–H groups in total. The van der Waals surface area contributed by atoms with Gasteiger partial charge in [-0.25, -0.2) is 0 Å². The molecular formula is C19H20ClN3O3. The second-order valence-electron chi connectivity index (χ2n) is 6.55. The molecule has 0 spiro atoms. The number of non-ortho nitro benzene ring substituents is 1. The molecule has 0 aromatic heterocycles. The number of carbonyl (C=O) groups is 1. The van der Waals surface area contributed by atoms with Crippen molar-refractivity contribution in [3.05, 3.63) is 68.7 Å². The van der Waals surface area contributed by atoms with Gasteiger partial charge in [-0.1, -0.05) is 23.7 Å². The minimum Gasteiger partial charge on any atom is -0.325 e. The lowest BCUT2D eigenvalue weighted by Crippen LogP contribution is -2.32. The Bertz CT molecular complexity index is 819. The van der Waals surface area contributed by atoms with Gasteiger partial charge in [-0.3, -0.25) is 14.9 Å². The summed E-state index contributed by atoms with van der Waals surface area (Å²) in [6, 6.07) is 12.2. The lowest BCUT2D eigenvalue weighted by Gasteiger charge is -2.19. The summed E-state index contributed by atoms with van der Waals surface area (Å²) >= 11 is 5.95. The highest BCUT2D eigenvalue weighted by atomic mass is 35.5. The summed E-state index contributed by atoms with van der Waals surface area (Å²) < 4.78 is 0. The van der Waals surface area contributed by atoms with Gasteiger partial charge < -0.3 is 10.6 Å². The van der Waals surface area contributed by atoms with E-state index in [4.69, 9.17) is 11.6 Å². The van der Waals surface area contributed by atoms with Crippen LogP contribution in [0.5, 0.6) is 0 Å². The number of hydrogen-bond acceptors (Lipinski definition) is 4. The van der Waals surface area contributed by atoms with E-state index in [9.17, 15) is 14.9 Å². The predicted molar refractivity (Wildman–Crippen MR) is 101 cm³/mol. The number of amides is 1. The zero-order valence-electron chi connectivity index (χ0n) is 14.4. The predicted octanol–water partition coefficient (Wildman–Crippen LogP) is 4.24. The van der Waals surface area contributed by atoms with Gasteiger partial charge in [0.05, 0.1) is 11.5 Å². The third-order valence-electron chi connectivity index (χ3n) is 4.50. The van der Waals surface area contributed by atoms with Crippen molar-refractivity contribution >= 4 is 28.9 Å². The van der Waals surface area contributed by atoms with Crippen LogP contribution in [-0.2, 0) is 4.79 Å². The van der Waals surface area contributed by atoms with E-state index in [2.05, 4.69) is 10.6 Å². The van der Waals surface area contributed by atoms with Gasteiger partial charge in [0, 0.05) is 28.9 Å². The van der Waals surface area contributed by atoms with Crippen molar-refractivity contribution in [3.63, 3.8) is 0 Å². The molecule has 136 valence electrons. The van der Waals surface area contributed by atoms with E-state index in [1.54, 1.807) is 13.0 Å². The van der Waals surface area contributed by atoms with E-state index in [0.29, 0.717) is 22.2 Å². The molecule has 6 nitrogen and oxygen atoms in total. The number of rotatable bonds is 7. The summed E-state index contributed by atoms with van der Waals surface area (Å²) in [5.74, 6) is 0.353. The number of halogens is 1. The summed E-state index contributed by atoms with van der Waals surface area (Å²) in [6.45, 7) is 1.90. The van der Waals surface area contributed by atoms with Crippen molar-refractivity contribution < 1.29 is 9.72 Å². The fourth-order valence-electron chi connectivity index (χ4n) is 2.96. The van der Waals surface area contributed by atoms with Gasteiger partial charge in [-0.2, -0.15) is 0 Å². The van der Waals surface area contributed by atoms with Crippen molar-refractivity contribution in [1.29, 1.82) is 0 Å². The molecular weight excluding hydrogens is 354 g/mol. The van der Waals surface area contributed by atoms with Gasteiger partial charge in [0.2, 0.25) is 5.91 Å². The Morgan fingerprint density at radius 1 is 1.27 bits per heavy atom. The zero-order valence-corrected chi connectivity index (χ0v) is 15.1. The molecule has 0 radical (unpaired) electrons. The number of nitro groups is 1. The van der Waals surface area contributed by atoms with Gasteiger partial charge in [0.1, 0.15) is 0 Å². The quantitative estimate of drug-likeness (QED) is 0.561. The van der Waals surface area contributed by atoms with Crippen LogP contribution in [0.4, 0.5) is 11.4 Å². The average molecular weight is 374 g/mol. The largest absolute Gasteiger partial charge is 0.325 e. The molecule has 1 aliphatic rings. The molecule has 1 atom stereocenters. The van der Waals surface area contributed by atoms with Gasteiger partial charge in [0.15, 0.2) is 0 Å². The third-order valence-corrected chi connectivity index (χ3v) is 4.75. The molecule has 1 fully saturated rings. The van der Waals surface area contributed by atoms with Crippen LogP contribution >= 0.6 is 11.6 Å². The molecule has 1 unspecified atom stereocenters. The van der Waals surface area contributed by atoms with Crippen LogP contribution < -0.4 is 10.6 Å². The molecule has 7 heteroatoms. The van der Waals surface area contributed by atoms with Crippen molar-refractivity contribution in [2.24, 2.45) is 5.92 Å². The van der Waals surface area contributed by atoms with E-state index < -0.39 is 4.92 Å². The monoisotopic (exact) mass is 373 g/mol. The topological polar surface area (TPSA) is 84.3 Å². The van der Waals surface area contributed by atoms with Crippen LogP contribution in [0.25, 0.3) is 0 Å². The lowest BCUT2D eigenvalue weighted by atomic mass is 10.0. The first-order valence-electron chi connectivity index (χ1n) is 8.48. The maximum atomic E-state index is 12.3. The Kier molecular flexibility index (Phi) is 5.54. The van der Waals surface area contributed by atoms with Crippen molar-refractivity contribution in [3.8, 4) is 0 Å². The normalized spacial score (nSPS) is 14.7. The Labute approximate surface area is 156 Å². The van der Waals surface area contributed by atoms with E-state index in [1.165, 1.54) is 12.1 Å². The van der Waals surface area contributed by atoms with Gasteiger partial charge in [-0.05, 0) is 55.0 Å². The van der Waals surface area contributed by atoms with Crippen LogP contribution in [0.1, 0.15) is 30.0 Å². The number of benzene rings is 2. The highest BCUT2D eigenvalue weighted by molar-refractivity contribution is 6.30. The smallest absolute Gasteiger partial charge is 0.269 e. The van der Waals surface area contributed by atoms with Crippen molar-refractivity contribution in [2.75, 3.05) is 11.9 Å². The van der Waals surface area contributed by atoms with Gasteiger partial charge in [-0.15, -0.1) is 0 Å². The number of nitro benzene ring substituents is 1. The summed E-state index contributed by atoms with van der Waals surface area (Å²) in [4.78, 5) is 22.6. The van der Waals surface area contributed by atoms with Crippen LogP contribution in [-0.4, -0.2) is 17.4 Å². The fraction of sp³-hybridized carbons (Fsp3) is 0.316. The Morgan fingerprint density at radius 2 is 1.96 bits per heavy atom. The van der Waals surface area contributed by atoms with Crippen LogP contribution in [0.15, 0.2) is 42.5 Å². The van der Waals surface area contributed by atoms with E-state index in [-0.39, 0.29) is 24.2 Å². The maximum absolute atomic E-state index is 12.3. The Hall–Kier alpha value is -2.44. The molecule has 1 saturated carbocycles. The maximum Gasteiger partial charge on any atom is 0.269 e. The first-order chi connectivity index (χ1) is 12.4. The minimum absolute atomic E-state index is 0.00941. The average Bonchev–Trinajstić information content (AvgIpc) is 3.43. The van der Waals surface area contributed by atoms with Gasteiger partial charge >= 0.3 is 0 Å². The summed E-state index contributed by atoms with van der Waals surface area (Å²) in [7, 11) is 0. The minimum atomic E-state index is -0.452. The summed E-state index contributed by atoms with van der Waals surface area (Å²) in [6.07, 6.45) is 2.28. The number of aryl methyl sites for hydroxylation is 1. The highest BCUT2D eigenvalue weighted by Gasteiger charge is 2.32. The third kappa shape index (κ3) is 4.59. The zero-order chi connectivity index (χ0) is 18.7. The lowest BCUT2D eigenvalue weighted by molar-refractivity contribution is -0.384. The molecule has 1 aliphatic carbocycles. The number of anilines is 1. The molecule has 2 aromatic rings. The van der Waals surface area contributed by atoms with Crippen molar-refractivity contribution in [1.82, 2.24) is 5.32 Å². The van der Waals surface area contributed by atoms with Crippen LogP contribution in [0, 0.1) is 23.0 Å². The molecule has 1 amide bonds. The first-order valence-corrected chi connectivity index (χ1v) is 8.85. The number of hydrogen-bond donors (Lipinski definition) is 2. The Morgan fingerprint density at radius 3 is 2.54 bits per heavy atom. The molecule has 3 rings (SSSR count). The molecule has 2 aromatic carbocycles. The van der Waals surface area contributed by atoms with E-state index in [1.807, 2.05) is 24.3 Å². The molecule has 0 aliphatic heterocycles. The molecule has 0 bridgehead atoms. The standard InChI is InChI=1S/C19H20ClN3O3/c1-12-10-16(23(25)26)8-9-17(12)22-18(24)11-21-19(13-2-3-13)14-4-6-15(20)7-5-14/h4-10,13,19,21H,2-3,11H2,1H3,(H,22,24).